The zero-order chi connectivity index (χ0) is 13.8. The van der Waals surface area contributed by atoms with Crippen molar-refractivity contribution < 1.29 is 0 Å². The lowest BCUT2D eigenvalue weighted by atomic mass is 10.2. The van der Waals surface area contributed by atoms with Crippen LogP contribution in [-0.2, 0) is 13.1 Å². The molecule has 2 rings (SSSR count). The molecule has 2 aromatic rings. The van der Waals surface area contributed by atoms with Crippen LogP contribution in [0.15, 0.2) is 18.5 Å². The van der Waals surface area contributed by atoms with Crippen molar-refractivity contribution in [2.75, 3.05) is 5.32 Å². The molecule has 0 spiro atoms. The molecule has 0 aliphatic heterocycles. The molecular formula is C14H24ClN5. The average Bonchev–Trinajstić information content (AvgIpc) is 2.94. The van der Waals surface area contributed by atoms with Gasteiger partial charge < -0.3 is 5.32 Å². The van der Waals surface area contributed by atoms with E-state index < -0.39 is 0 Å². The Morgan fingerprint density at radius 1 is 1.35 bits per heavy atom. The Balaban J connectivity index is 0.00000200. The second-order valence-corrected chi connectivity index (χ2v) is 5.11. The highest BCUT2D eigenvalue weighted by molar-refractivity contribution is 5.85. The third kappa shape index (κ3) is 3.76. The summed E-state index contributed by atoms with van der Waals surface area (Å²) in [7, 11) is 0. The van der Waals surface area contributed by atoms with E-state index in [9.17, 15) is 0 Å². The highest BCUT2D eigenvalue weighted by Gasteiger charge is 2.08. The Bertz CT molecular complexity index is 529. The lowest BCUT2D eigenvalue weighted by Gasteiger charge is -2.12. The van der Waals surface area contributed by atoms with Gasteiger partial charge in [-0.05, 0) is 27.2 Å². The minimum absolute atomic E-state index is 0. The molecule has 2 heterocycles. The molecule has 0 unspecified atom stereocenters. The van der Waals surface area contributed by atoms with Crippen molar-refractivity contribution in [3.05, 3.63) is 29.7 Å². The number of nitrogens with one attached hydrogen (secondary N) is 1. The molecule has 1 N–H and O–H groups in total. The van der Waals surface area contributed by atoms with Crippen LogP contribution < -0.4 is 5.32 Å². The zero-order valence-corrected chi connectivity index (χ0v) is 13.4. The SMILES string of the molecule is CCCn1cc(CNc2ccnn2C(C)C)c(C)n1.Cl. The maximum absolute atomic E-state index is 4.51. The molecule has 0 atom stereocenters. The van der Waals surface area contributed by atoms with Crippen molar-refractivity contribution in [2.45, 2.75) is 53.2 Å². The molecular weight excluding hydrogens is 274 g/mol. The summed E-state index contributed by atoms with van der Waals surface area (Å²) in [4.78, 5) is 0. The fourth-order valence-corrected chi connectivity index (χ4v) is 2.13. The Hall–Kier alpha value is -1.49. The van der Waals surface area contributed by atoms with Crippen LogP contribution in [0.2, 0.25) is 0 Å². The summed E-state index contributed by atoms with van der Waals surface area (Å²) in [5.74, 6) is 1.05. The predicted molar refractivity (Wildman–Crippen MR) is 84.4 cm³/mol. The van der Waals surface area contributed by atoms with Crippen molar-refractivity contribution in [1.29, 1.82) is 0 Å². The summed E-state index contributed by atoms with van der Waals surface area (Å²) in [6.07, 6.45) is 5.06. The Kier molecular flexibility index (Phi) is 6.07. The van der Waals surface area contributed by atoms with E-state index in [1.807, 2.05) is 21.6 Å². The first-order valence-corrected chi connectivity index (χ1v) is 6.92. The molecule has 5 nitrogen and oxygen atoms in total. The number of nitrogens with zero attached hydrogens (tertiary/aromatic N) is 4. The molecule has 0 bridgehead atoms. The first-order valence-electron chi connectivity index (χ1n) is 6.92. The molecule has 2 aromatic heterocycles. The van der Waals surface area contributed by atoms with Crippen molar-refractivity contribution in [2.24, 2.45) is 0 Å². The fraction of sp³-hybridized carbons (Fsp3) is 0.571. The van der Waals surface area contributed by atoms with Gasteiger partial charge in [-0.25, -0.2) is 4.68 Å². The smallest absolute Gasteiger partial charge is 0.124 e. The van der Waals surface area contributed by atoms with E-state index in [-0.39, 0.29) is 12.4 Å². The van der Waals surface area contributed by atoms with Crippen LogP contribution in [0.4, 0.5) is 5.82 Å². The highest BCUT2D eigenvalue weighted by Crippen LogP contribution is 2.15. The summed E-state index contributed by atoms with van der Waals surface area (Å²) in [6, 6.07) is 2.37. The van der Waals surface area contributed by atoms with Crippen molar-refractivity contribution in [3.8, 4) is 0 Å². The summed E-state index contributed by atoms with van der Waals surface area (Å²) < 4.78 is 4.01. The van der Waals surface area contributed by atoms with Crippen LogP contribution in [0, 0.1) is 6.92 Å². The number of hydrogen-bond acceptors (Lipinski definition) is 3. The van der Waals surface area contributed by atoms with Crippen LogP contribution in [0.1, 0.15) is 44.5 Å². The molecule has 0 aromatic carbocycles. The topological polar surface area (TPSA) is 47.7 Å². The number of aryl methyl sites for hydroxylation is 2. The van der Waals surface area contributed by atoms with E-state index in [0.717, 1.165) is 31.0 Å². The first-order chi connectivity index (χ1) is 9.11. The Morgan fingerprint density at radius 2 is 2.10 bits per heavy atom. The third-order valence-corrected chi connectivity index (χ3v) is 3.12. The van der Waals surface area contributed by atoms with Gasteiger partial charge in [-0.3, -0.25) is 4.68 Å². The van der Waals surface area contributed by atoms with E-state index >= 15 is 0 Å². The van der Waals surface area contributed by atoms with Crippen LogP contribution in [-0.4, -0.2) is 19.6 Å². The van der Waals surface area contributed by atoms with Gasteiger partial charge in [0.15, 0.2) is 0 Å². The quantitative estimate of drug-likeness (QED) is 0.889. The Morgan fingerprint density at radius 3 is 2.75 bits per heavy atom. The second kappa shape index (κ2) is 7.33. The van der Waals surface area contributed by atoms with Crippen LogP contribution in [0.3, 0.4) is 0 Å². The van der Waals surface area contributed by atoms with E-state index in [4.69, 9.17) is 0 Å². The third-order valence-electron chi connectivity index (χ3n) is 3.12. The summed E-state index contributed by atoms with van der Waals surface area (Å²) >= 11 is 0. The van der Waals surface area contributed by atoms with Gasteiger partial charge in [-0.2, -0.15) is 10.2 Å². The minimum atomic E-state index is 0. The molecule has 0 radical (unpaired) electrons. The largest absolute Gasteiger partial charge is 0.366 e. The highest BCUT2D eigenvalue weighted by atomic mass is 35.5. The van der Waals surface area contributed by atoms with Gasteiger partial charge in [0.25, 0.3) is 0 Å². The molecule has 0 saturated carbocycles. The average molecular weight is 298 g/mol. The maximum atomic E-state index is 4.51. The van der Waals surface area contributed by atoms with Gasteiger partial charge in [0.05, 0.1) is 11.9 Å². The zero-order valence-electron chi connectivity index (χ0n) is 12.6. The van der Waals surface area contributed by atoms with Gasteiger partial charge in [-0.1, -0.05) is 6.92 Å². The molecule has 6 heteroatoms. The van der Waals surface area contributed by atoms with Crippen molar-refractivity contribution in [3.63, 3.8) is 0 Å². The molecule has 0 aliphatic carbocycles. The van der Waals surface area contributed by atoms with Crippen molar-refractivity contribution in [1.82, 2.24) is 19.6 Å². The van der Waals surface area contributed by atoms with E-state index in [1.54, 1.807) is 0 Å². The van der Waals surface area contributed by atoms with Crippen LogP contribution in [0.5, 0.6) is 0 Å². The van der Waals surface area contributed by atoms with E-state index in [1.165, 1.54) is 5.56 Å². The normalized spacial score (nSPS) is 10.7. The van der Waals surface area contributed by atoms with E-state index in [2.05, 4.69) is 49.4 Å². The minimum Gasteiger partial charge on any atom is -0.366 e. The summed E-state index contributed by atoms with van der Waals surface area (Å²) in [5.41, 5.74) is 2.33. The molecule has 0 amide bonds. The van der Waals surface area contributed by atoms with Crippen LogP contribution in [0.25, 0.3) is 0 Å². The summed E-state index contributed by atoms with van der Waals surface area (Å²) in [6.45, 7) is 10.2. The lowest BCUT2D eigenvalue weighted by molar-refractivity contribution is 0.537. The monoisotopic (exact) mass is 297 g/mol. The number of halogens is 1. The molecule has 0 saturated heterocycles. The number of anilines is 1. The Labute approximate surface area is 126 Å². The number of aromatic nitrogens is 4. The molecule has 0 aliphatic rings. The van der Waals surface area contributed by atoms with E-state index in [0.29, 0.717) is 6.04 Å². The predicted octanol–water partition coefficient (Wildman–Crippen LogP) is 3.41. The fourth-order valence-electron chi connectivity index (χ4n) is 2.13. The number of rotatable bonds is 6. The maximum Gasteiger partial charge on any atom is 0.124 e. The first kappa shape index (κ1) is 16.6. The standard InChI is InChI=1S/C14H23N5.ClH/c1-5-8-18-10-13(12(4)17-18)9-15-14-6-7-16-19(14)11(2)3;/h6-7,10-11,15H,5,8-9H2,1-4H3;1H. The van der Waals surface area contributed by atoms with Crippen LogP contribution >= 0.6 is 12.4 Å². The second-order valence-electron chi connectivity index (χ2n) is 5.11. The van der Waals surface area contributed by atoms with Gasteiger partial charge in [0.2, 0.25) is 0 Å². The molecule has 20 heavy (non-hydrogen) atoms. The number of hydrogen-bond donors (Lipinski definition) is 1. The van der Waals surface area contributed by atoms with Crippen molar-refractivity contribution >= 4 is 18.2 Å². The summed E-state index contributed by atoms with van der Waals surface area (Å²) in [5, 5.41) is 12.3. The van der Waals surface area contributed by atoms with Gasteiger partial charge in [-0.15, -0.1) is 12.4 Å². The molecule has 0 fully saturated rings. The lowest BCUT2D eigenvalue weighted by Crippen LogP contribution is -2.09. The van der Waals surface area contributed by atoms with Gasteiger partial charge in [0.1, 0.15) is 5.82 Å². The van der Waals surface area contributed by atoms with Gasteiger partial charge in [0, 0.05) is 37.0 Å². The molecule has 112 valence electrons. The van der Waals surface area contributed by atoms with Gasteiger partial charge >= 0.3 is 0 Å².